The molecule has 4 N–H and O–H groups in total. The van der Waals surface area contributed by atoms with Gasteiger partial charge in [-0.3, -0.25) is 0 Å². The van der Waals surface area contributed by atoms with Gasteiger partial charge in [-0.25, -0.2) is 0 Å². The lowest BCUT2D eigenvalue weighted by Gasteiger charge is -2.33. The van der Waals surface area contributed by atoms with Crippen LogP contribution < -0.4 is 21.3 Å². The van der Waals surface area contributed by atoms with Crippen LogP contribution in [0.3, 0.4) is 0 Å². The van der Waals surface area contributed by atoms with E-state index in [2.05, 4.69) is 143 Å². The molecule has 2 aliphatic rings. The van der Waals surface area contributed by atoms with Crippen LogP contribution in [0.4, 0.5) is 0 Å². The molecule has 0 bridgehead atoms. The molecule has 0 heterocycles. The molecule has 0 aliphatic heterocycles. The Labute approximate surface area is 282 Å². The first-order valence-electron chi connectivity index (χ1n) is 16.9. The van der Waals surface area contributed by atoms with Crippen molar-refractivity contribution in [2.75, 3.05) is 0 Å². The molecule has 0 spiro atoms. The molecule has 4 aromatic carbocycles. The molecule has 2 saturated carbocycles. The van der Waals surface area contributed by atoms with E-state index in [0.717, 1.165) is 26.2 Å². The molecule has 4 nitrogen and oxygen atoms in total. The first-order chi connectivity index (χ1) is 21.8. The summed E-state index contributed by atoms with van der Waals surface area (Å²) < 4.78 is 0. The Hall–Kier alpha value is -2.80. The van der Waals surface area contributed by atoms with Crippen molar-refractivity contribution in [2.24, 2.45) is 0 Å². The minimum atomic E-state index is 0. The van der Waals surface area contributed by atoms with E-state index in [9.17, 15) is 0 Å². The fraction of sp³-hybridized carbons (Fsp3) is 0.400. The molecule has 45 heavy (non-hydrogen) atoms. The van der Waals surface area contributed by atoms with Gasteiger partial charge in [0.2, 0.25) is 0 Å². The summed E-state index contributed by atoms with van der Waals surface area (Å²) in [7, 11) is 0. The summed E-state index contributed by atoms with van der Waals surface area (Å²) in [5.41, 5.74) is 5.48. The summed E-state index contributed by atoms with van der Waals surface area (Å²) >= 11 is 0. The third-order valence-corrected chi connectivity index (χ3v) is 9.18. The molecule has 0 saturated heterocycles. The van der Waals surface area contributed by atoms with Gasteiger partial charge in [0.05, 0.1) is 0 Å². The van der Waals surface area contributed by atoms with Gasteiger partial charge in [-0.15, -0.1) is 17.0 Å². The van der Waals surface area contributed by atoms with Crippen molar-refractivity contribution >= 4 is 17.0 Å². The van der Waals surface area contributed by atoms with Crippen LogP contribution in [0.2, 0.25) is 0 Å². The molecule has 0 amide bonds. The van der Waals surface area contributed by atoms with Gasteiger partial charge >= 0.3 is 0 Å². The average molecular weight is 670 g/mol. The lowest BCUT2D eigenvalue weighted by molar-refractivity contribution is 0.281. The van der Waals surface area contributed by atoms with Gasteiger partial charge in [0.15, 0.2) is 0 Å². The number of benzene rings is 4. The quantitative estimate of drug-likeness (QED) is 0.123. The SMILES string of the molecule is Br.c1ccc(CN[C@H]2CCCC[C@@H]2NCc2ccccc2)cc1.c1ccc(CN[C@H]2CCCC[C@@H]2NCc2ccccc2)cc1. The fourth-order valence-corrected chi connectivity index (χ4v) is 6.62. The molecule has 240 valence electrons. The standard InChI is InChI=1S/2C20H26N2.BrH/c2*1-3-9-17(10-4-1)15-21-19-13-7-8-14-20(19)22-16-18-11-5-2-6-12-18;/h2*1-6,9-12,19-22H,7-8,13-16H2;1H/t2*19-,20-;/m00./s1. The second-order valence-corrected chi connectivity index (χ2v) is 12.5. The van der Waals surface area contributed by atoms with Gasteiger partial charge in [-0.1, -0.05) is 147 Å². The molecular formula is C40H53BrN4. The number of nitrogens with one attached hydrogen (secondary N) is 4. The van der Waals surface area contributed by atoms with Gasteiger partial charge in [-0.2, -0.15) is 0 Å². The third kappa shape index (κ3) is 12.5. The van der Waals surface area contributed by atoms with Crippen LogP contribution in [0.1, 0.15) is 73.6 Å². The molecule has 2 fully saturated rings. The lowest BCUT2D eigenvalue weighted by atomic mass is 9.90. The highest BCUT2D eigenvalue weighted by molar-refractivity contribution is 8.93. The zero-order valence-electron chi connectivity index (χ0n) is 26.7. The Balaban J connectivity index is 0.000000200. The van der Waals surface area contributed by atoms with Crippen LogP contribution in [0.25, 0.3) is 0 Å². The zero-order valence-corrected chi connectivity index (χ0v) is 28.5. The van der Waals surface area contributed by atoms with Crippen LogP contribution in [0.5, 0.6) is 0 Å². The highest BCUT2D eigenvalue weighted by atomic mass is 79.9. The average Bonchev–Trinajstić information content (AvgIpc) is 3.11. The summed E-state index contributed by atoms with van der Waals surface area (Å²) in [6.45, 7) is 3.87. The van der Waals surface area contributed by atoms with Crippen molar-refractivity contribution in [1.29, 1.82) is 0 Å². The lowest BCUT2D eigenvalue weighted by Crippen LogP contribution is -2.49. The summed E-state index contributed by atoms with van der Waals surface area (Å²) in [5, 5.41) is 15.0. The Morgan fingerprint density at radius 3 is 0.733 bits per heavy atom. The molecule has 6 rings (SSSR count). The van der Waals surface area contributed by atoms with Crippen LogP contribution in [-0.2, 0) is 26.2 Å². The maximum absolute atomic E-state index is 3.76. The Bertz CT molecular complexity index is 1080. The highest BCUT2D eigenvalue weighted by Gasteiger charge is 2.25. The van der Waals surface area contributed by atoms with E-state index in [1.807, 2.05) is 0 Å². The molecule has 0 aromatic heterocycles. The van der Waals surface area contributed by atoms with Gasteiger partial charge in [0, 0.05) is 50.3 Å². The molecule has 4 atom stereocenters. The normalized spacial score (nSPS) is 21.2. The van der Waals surface area contributed by atoms with E-state index in [-0.39, 0.29) is 17.0 Å². The second-order valence-electron chi connectivity index (χ2n) is 12.5. The summed E-state index contributed by atoms with van der Waals surface area (Å²) in [5.74, 6) is 0. The van der Waals surface area contributed by atoms with Gasteiger partial charge in [0.1, 0.15) is 0 Å². The van der Waals surface area contributed by atoms with Crippen molar-refractivity contribution in [3.05, 3.63) is 144 Å². The topological polar surface area (TPSA) is 48.1 Å². The van der Waals surface area contributed by atoms with E-state index in [4.69, 9.17) is 0 Å². The second kappa shape index (κ2) is 20.3. The van der Waals surface area contributed by atoms with Crippen molar-refractivity contribution in [3.63, 3.8) is 0 Å². The number of hydrogen-bond donors (Lipinski definition) is 4. The Morgan fingerprint density at radius 2 is 0.533 bits per heavy atom. The van der Waals surface area contributed by atoms with Crippen LogP contribution in [0.15, 0.2) is 121 Å². The molecule has 0 unspecified atom stereocenters. The summed E-state index contributed by atoms with van der Waals surface area (Å²) in [6, 6.07) is 45.1. The van der Waals surface area contributed by atoms with Crippen molar-refractivity contribution < 1.29 is 0 Å². The Morgan fingerprint density at radius 1 is 0.333 bits per heavy atom. The monoisotopic (exact) mass is 668 g/mol. The number of rotatable bonds is 12. The van der Waals surface area contributed by atoms with Crippen LogP contribution in [0, 0.1) is 0 Å². The van der Waals surface area contributed by atoms with E-state index in [0.29, 0.717) is 24.2 Å². The van der Waals surface area contributed by atoms with E-state index in [1.54, 1.807) is 0 Å². The van der Waals surface area contributed by atoms with Crippen molar-refractivity contribution in [3.8, 4) is 0 Å². The van der Waals surface area contributed by atoms with Gasteiger partial charge < -0.3 is 21.3 Å². The van der Waals surface area contributed by atoms with Crippen molar-refractivity contribution in [1.82, 2.24) is 21.3 Å². The maximum atomic E-state index is 3.76. The molecular weight excluding hydrogens is 616 g/mol. The predicted molar refractivity (Wildman–Crippen MR) is 196 cm³/mol. The molecule has 4 aromatic rings. The van der Waals surface area contributed by atoms with Gasteiger partial charge in [-0.05, 0) is 47.9 Å². The van der Waals surface area contributed by atoms with Crippen LogP contribution >= 0.6 is 17.0 Å². The third-order valence-electron chi connectivity index (χ3n) is 9.18. The molecule has 5 heteroatoms. The number of halogens is 1. The first-order valence-corrected chi connectivity index (χ1v) is 16.9. The molecule has 2 aliphatic carbocycles. The number of hydrogen-bond acceptors (Lipinski definition) is 4. The minimum Gasteiger partial charge on any atom is -0.308 e. The Kier molecular flexibility index (Phi) is 15.9. The van der Waals surface area contributed by atoms with Gasteiger partial charge in [0.25, 0.3) is 0 Å². The largest absolute Gasteiger partial charge is 0.308 e. The predicted octanol–water partition coefficient (Wildman–Crippen LogP) is 8.33. The van der Waals surface area contributed by atoms with E-state index < -0.39 is 0 Å². The summed E-state index contributed by atoms with van der Waals surface area (Å²) in [6.07, 6.45) is 10.5. The van der Waals surface area contributed by atoms with Crippen molar-refractivity contribution in [2.45, 2.75) is 102 Å². The first kappa shape index (κ1) is 35.1. The molecule has 0 radical (unpaired) electrons. The summed E-state index contributed by atoms with van der Waals surface area (Å²) in [4.78, 5) is 0. The smallest absolute Gasteiger partial charge is 0.0224 e. The minimum absolute atomic E-state index is 0. The highest BCUT2D eigenvalue weighted by Crippen LogP contribution is 2.21. The van der Waals surface area contributed by atoms with Crippen LogP contribution in [-0.4, -0.2) is 24.2 Å². The zero-order chi connectivity index (χ0) is 30.1. The van der Waals surface area contributed by atoms with E-state index >= 15 is 0 Å². The maximum Gasteiger partial charge on any atom is 0.0224 e. The van der Waals surface area contributed by atoms with E-state index in [1.165, 1.54) is 73.6 Å². The fourth-order valence-electron chi connectivity index (χ4n) is 6.62.